The lowest BCUT2D eigenvalue weighted by atomic mass is 9.96. The zero-order valence-corrected chi connectivity index (χ0v) is 20.0. The van der Waals surface area contributed by atoms with E-state index in [-0.39, 0.29) is 56.5 Å². The second-order valence-corrected chi connectivity index (χ2v) is 8.06. The number of aliphatic hydroxyl groups is 1. The molecule has 0 fully saturated rings. The molecule has 1 aromatic carbocycles. The Bertz CT molecular complexity index is 768. The SMILES string of the molecule is C=CC[C@H](CC(=O)NCCOCCO)C(=O)N[C@@H](C)COC(=O)[C@@H](CC=C)Cc1ccccc1. The van der Waals surface area contributed by atoms with Gasteiger partial charge in [-0.05, 0) is 31.7 Å². The first kappa shape index (κ1) is 29.1. The van der Waals surface area contributed by atoms with Gasteiger partial charge in [0.05, 0.1) is 37.7 Å². The van der Waals surface area contributed by atoms with Gasteiger partial charge in [-0.15, -0.1) is 13.2 Å². The van der Waals surface area contributed by atoms with E-state index in [9.17, 15) is 14.4 Å². The van der Waals surface area contributed by atoms with Crippen molar-refractivity contribution in [2.45, 2.75) is 38.6 Å². The van der Waals surface area contributed by atoms with Crippen LogP contribution in [0.25, 0.3) is 0 Å². The summed E-state index contributed by atoms with van der Waals surface area (Å²) in [5, 5.41) is 14.2. The van der Waals surface area contributed by atoms with Crippen molar-refractivity contribution >= 4 is 17.8 Å². The highest BCUT2D eigenvalue weighted by Gasteiger charge is 2.24. The van der Waals surface area contributed by atoms with Gasteiger partial charge in [-0.2, -0.15) is 0 Å². The number of nitrogens with one attached hydrogen (secondary N) is 2. The van der Waals surface area contributed by atoms with E-state index >= 15 is 0 Å². The third-order valence-electron chi connectivity index (χ3n) is 5.03. The van der Waals surface area contributed by atoms with Crippen molar-refractivity contribution in [1.29, 1.82) is 0 Å². The minimum absolute atomic E-state index is 0.00282. The second-order valence-electron chi connectivity index (χ2n) is 8.06. The maximum absolute atomic E-state index is 12.7. The number of hydrogen-bond acceptors (Lipinski definition) is 6. The summed E-state index contributed by atoms with van der Waals surface area (Å²) in [7, 11) is 0. The first-order valence-electron chi connectivity index (χ1n) is 11.6. The summed E-state index contributed by atoms with van der Waals surface area (Å²) in [5.41, 5.74) is 1.04. The molecule has 0 aromatic heterocycles. The Morgan fingerprint density at radius 2 is 1.74 bits per heavy atom. The molecule has 0 aliphatic heterocycles. The lowest BCUT2D eigenvalue weighted by Gasteiger charge is -2.21. The number of hydrogen-bond donors (Lipinski definition) is 3. The van der Waals surface area contributed by atoms with Crippen molar-refractivity contribution in [1.82, 2.24) is 10.6 Å². The van der Waals surface area contributed by atoms with Gasteiger partial charge in [0.25, 0.3) is 0 Å². The molecule has 1 aromatic rings. The van der Waals surface area contributed by atoms with E-state index in [0.717, 1.165) is 5.56 Å². The van der Waals surface area contributed by atoms with Crippen LogP contribution in [-0.2, 0) is 30.3 Å². The molecule has 2 amide bonds. The molecule has 0 heterocycles. The number of aliphatic hydroxyl groups excluding tert-OH is 1. The molecule has 0 saturated carbocycles. The molecule has 0 radical (unpaired) electrons. The van der Waals surface area contributed by atoms with Crippen LogP contribution in [0, 0.1) is 11.8 Å². The number of carbonyl (C=O) groups is 3. The number of carbonyl (C=O) groups excluding carboxylic acids is 3. The van der Waals surface area contributed by atoms with Crippen LogP contribution in [0.1, 0.15) is 31.7 Å². The Hall–Kier alpha value is -2.97. The summed E-state index contributed by atoms with van der Waals surface area (Å²) >= 11 is 0. The Morgan fingerprint density at radius 3 is 2.38 bits per heavy atom. The Balaban J connectivity index is 2.50. The van der Waals surface area contributed by atoms with Crippen LogP contribution in [0.4, 0.5) is 0 Å². The highest BCUT2D eigenvalue weighted by molar-refractivity contribution is 5.86. The normalized spacial score (nSPS) is 13.2. The summed E-state index contributed by atoms with van der Waals surface area (Å²) in [6.07, 6.45) is 4.68. The molecule has 0 aliphatic carbocycles. The van der Waals surface area contributed by atoms with Gasteiger partial charge >= 0.3 is 5.97 Å². The first-order chi connectivity index (χ1) is 16.4. The van der Waals surface area contributed by atoms with E-state index in [1.165, 1.54) is 0 Å². The van der Waals surface area contributed by atoms with E-state index in [1.54, 1.807) is 19.1 Å². The van der Waals surface area contributed by atoms with Crippen LogP contribution in [-0.4, -0.2) is 61.9 Å². The van der Waals surface area contributed by atoms with Gasteiger partial charge in [-0.25, -0.2) is 0 Å². The maximum atomic E-state index is 12.7. The zero-order chi connectivity index (χ0) is 25.2. The lowest BCUT2D eigenvalue weighted by molar-refractivity contribution is -0.149. The van der Waals surface area contributed by atoms with Crippen LogP contribution >= 0.6 is 0 Å². The van der Waals surface area contributed by atoms with Crippen molar-refractivity contribution in [3.8, 4) is 0 Å². The molecule has 1 rings (SSSR count). The van der Waals surface area contributed by atoms with Crippen LogP contribution in [0.3, 0.4) is 0 Å². The number of amides is 2. The zero-order valence-electron chi connectivity index (χ0n) is 20.0. The lowest BCUT2D eigenvalue weighted by Crippen LogP contribution is -2.42. The molecule has 8 heteroatoms. The first-order valence-corrected chi connectivity index (χ1v) is 11.6. The average molecular weight is 475 g/mol. The Labute approximate surface area is 202 Å². The number of ether oxygens (including phenoxy) is 2. The maximum Gasteiger partial charge on any atom is 0.309 e. The van der Waals surface area contributed by atoms with Crippen molar-refractivity contribution < 1.29 is 29.0 Å². The molecule has 3 atom stereocenters. The van der Waals surface area contributed by atoms with E-state index in [2.05, 4.69) is 23.8 Å². The molecule has 0 unspecified atom stereocenters. The Morgan fingerprint density at radius 1 is 1.06 bits per heavy atom. The largest absolute Gasteiger partial charge is 0.463 e. The van der Waals surface area contributed by atoms with E-state index in [4.69, 9.17) is 14.6 Å². The summed E-state index contributed by atoms with van der Waals surface area (Å²) in [4.78, 5) is 37.4. The second kappa shape index (κ2) is 17.5. The minimum Gasteiger partial charge on any atom is -0.463 e. The molecule has 3 N–H and O–H groups in total. The van der Waals surface area contributed by atoms with Crippen LogP contribution in [0.15, 0.2) is 55.6 Å². The van der Waals surface area contributed by atoms with Gasteiger partial charge in [0.1, 0.15) is 6.61 Å². The van der Waals surface area contributed by atoms with Crippen LogP contribution in [0.2, 0.25) is 0 Å². The van der Waals surface area contributed by atoms with E-state index in [0.29, 0.717) is 25.8 Å². The molecule has 188 valence electrons. The van der Waals surface area contributed by atoms with Crippen molar-refractivity contribution in [3.63, 3.8) is 0 Å². The summed E-state index contributed by atoms with van der Waals surface area (Å²) in [6.45, 7) is 9.87. The third kappa shape index (κ3) is 12.3. The van der Waals surface area contributed by atoms with E-state index < -0.39 is 12.0 Å². The highest BCUT2D eigenvalue weighted by atomic mass is 16.5. The van der Waals surface area contributed by atoms with Crippen LogP contribution < -0.4 is 10.6 Å². The summed E-state index contributed by atoms with van der Waals surface area (Å²) in [5.74, 6) is -1.85. The number of benzene rings is 1. The highest BCUT2D eigenvalue weighted by Crippen LogP contribution is 2.15. The van der Waals surface area contributed by atoms with Crippen molar-refractivity contribution in [2.24, 2.45) is 11.8 Å². The van der Waals surface area contributed by atoms with Crippen LogP contribution in [0.5, 0.6) is 0 Å². The van der Waals surface area contributed by atoms with Gasteiger partial charge in [0, 0.05) is 13.0 Å². The number of allylic oxidation sites excluding steroid dienone is 2. The van der Waals surface area contributed by atoms with E-state index in [1.807, 2.05) is 30.3 Å². The smallest absolute Gasteiger partial charge is 0.309 e. The molecule has 0 saturated heterocycles. The number of esters is 1. The fraction of sp³-hybridized carbons (Fsp3) is 0.500. The van der Waals surface area contributed by atoms with Crippen molar-refractivity contribution in [3.05, 3.63) is 61.2 Å². The molecule has 0 spiro atoms. The average Bonchev–Trinajstić information content (AvgIpc) is 2.82. The molecular weight excluding hydrogens is 436 g/mol. The Kier molecular flexibility index (Phi) is 15.0. The van der Waals surface area contributed by atoms with Gasteiger partial charge in [0.15, 0.2) is 0 Å². The molecule has 0 bridgehead atoms. The minimum atomic E-state index is -0.583. The van der Waals surface area contributed by atoms with Gasteiger partial charge < -0.3 is 25.2 Å². The van der Waals surface area contributed by atoms with Gasteiger partial charge in [0.2, 0.25) is 11.8 Å². The topological polar surface area (TPSA) is 114 Å². The standard InChI is InChI=1S/C26H38N2O6/c1-4-9-22(18-24(30)27-13-15-33-16-14-29)25(31)28-20(3)19-34-26(32)23(10-5-2)17-21-11-7-6-8-12-21/h4-8,11-12,20,22-23,29H,1-2,9-10,13-19H2,3H3,(H,27,30)(H,28,31)/t20-,22+,23-/m0/s1. The van der Waals surface area contributed by atoms with Gasteiger partial charge in [-0.1, -0.05) is 42.5 Å². The quantitative estimate of drug-likeness (QED) is 0.171. The van der Waals surface area contributed by atoms with Crippen molar-refractivity contribution in [2.75, 3.05) is 33.0 Å². The number of rotatable bonds is 18. The molecule has 8 nitrogen and oxygen atoms in total. The molecule has 34 heavy (non-hydrogen) atoms. The monoisotopic (exact) mass is 474 g/mol. The summed E-state index contributed by atoms with van der Waals surface area (Å²) < 4.78 is 10.6. The fourth-order valence-electron chi connectivity index (χ4n) is 3.30. The predicted molar refractivity (Wildman–Crippen MR) is 131 cm³/mol. The third-order valence-corrected chi connectivity index (χ3v) is 5.03. The summed E-state index contributed by atoms with van der Waals surface area (Å²) in [6, 6.07) is 9.28. The molecular formula is C26H38N2O6. The van der Waals surface area contributed by atoms with Gasteiger partial charge in [-0.3, -0.25) is 14.4 Å². The molecule has 0 aliphatic rings. The predicted octanol–water partition coefficient (Wildman–Crippen LogP) is 2.18. The fourth-order valence-corrected chi connectivity index (χ4v) is 3.30.